The molecule has 0 saturated carbocycles. The number of nitrogens with one attached hydrogen (secondary N) is 1. The first kappa shape index (κ1) is 24.7. The number of rotatable bonds is 11. The third-order valence-corrected chi connectivity index (χ3v) is 6.08. The highest BCUT2D eigenvalue weighted by Crippen LogP contribution is 2.23. The van der Waals surface area contributed by atoms with Crippen molar-refractivity contribution in [2.24, 2.45) is 5.73 Å². The molecule has 1 aromatic carbocycles. The van der Waals surface area contributed by atoms with Crippen LogP contribution < -0.4 is 11.1 Å². The average Bonchev–Trinajstić information content (AvgIpc) is 2.86. The summed E-state index contributed by atoms with van der Waals surface area (Å²) in [4.78, 5) is 28.7. The number of piperazine rings is 1. The molecule has 0 atom stereocenters. The molecule has 1 aliphatic rings. The number of hydrogen-bond donors (Lipinski definition) is 3. The van der Waals surface area contributed by atoms with Gasteiger partial charge in [0.25, 0.3) is 0 Å². The number of aromatic nitrogens is 3. The number of carboxylic acid groups (broad SMARTS) is 1. The minimum Gasteiger partial charge on any atom is -0.480 e. The number of nitrogens with two attached hydrogens (primary N) is 1. The molecule has 0 spiro atoms. The molecule has 0 unspecified atom stereocenters. The first-order valence-electron chi connectivity index (χ1n) is 12.1. The zero-order valence-electron chi connectivity index (χ0n) is 19.9. The van der Waals surface area contributed by atoms with E-state index in [0.29, 0.717) is 6.54 Å². The van der Waals surface area contributed by atoms with Crippen LogP contribution in [0.1, 0.15) is 24.2 Å². The molecule has 184 valence electrons. The molecule has 2 aromatic heterocycles. The predicted molar refractivity (Wildman–Crippen MR) is 136 cm³/mol. The van der Waals surface area contributed by atoms with Crippen molar-refractivity contribution in [2.45, 2.75) is 25.8 Å². The van der Waals surface area contributed by atoms with Gasteiger partial charge in [-0.3, -0.25) is 14.6 Å². The van der Waals surface area contributed by atoms with Crippen molar-refractivity contribution in [3.8, 4) is 11.1 Å². The Bertz CT molecular complexity index is 1100. The van der Waals surface area contributed by atoms with E-state index >= 15 is 0 Å². The van der Waals surface area contributed by atoms with E-state index in [9.17, 15) is 4.79 Å². The summed E-state index contributed by atoms with van der Waals surface area (Å²) in [6, 6.07) is 12.3. The van der Waals surface area contributed by atoms with E-state index in [-0.39, 0.29) is 6.54 Å². The van der Waals surface area contributed by atoms with Gasteiger partial charge in [0, 0.05) is 69.0 Å². The number of carboxylic acids is 1. The Morgan fingerprint density at radius 3 is 2.49 bits per heavy atom. The molecule has 4 N–H and O–H groups in total. The highest BCUT2D eigenvalue weighted by atomic mass is 16.4. The molecule has 35 heavy (non-hydrogen) atoms. The van der Waals surface area contributed by atoms with E-state index in [0.717, 1.165) is 80.4 Å². The van der Waals surface area contributed by atoms with Crippen LogP contribution in [0, 0.1) is 0 Å². The van der Waals surface area contributed by atoms with Crippen molar-refractivity contribution in [3.63, 3.8) is 0 Å². The fraction of sp³-hybridized carbons (Fsp3) is 0.385. The first-order valence-corrected chi connectivity index (χ1v) is 12.1. The van der Waals surface area contributed by atoms with Gasteiger partial charge < -0.3 is 16.2 Å². The highest BCUT2D eigenvalue weighted by Gasteiger charge is 2.18. The molecular formula is C26H33N7O2. The van der Waals surface area contributed by atoms with Gasteiger partial charge in [-0.1, -0.05) is 12.1 Å². The van der Waals surface area contributed by atoms with Gasteiger partial charge in [0.05, 0.1) is 6.54 Å². The van der Waals surface area contributed by atoms with Crippen LogP contribution in [0.2, 0.25) is 0 Å². The molecule has 9 heteroatoms. The number of aliphatic carboxylic acids is 1. The molecule has 3 heterocycles. The molecule has 1 aliphatic heterocycles. The molecule has 1 saturated heterocycles. The number of benzene rings is 1. The fourth-order valence-corrected chi connectivity index (χ4v) is 4.19. The molecule has 3 aromatic rings. The Hall–Kier alpha value is -3.40. The summed E-state index contributed by atoms with van der Waals surface area (Å²) in [5.41, 5.74) is 9.70. The normalized spacial score (nSPS) is 14.7. The van der Waals surface area contributed by atoms with E-state index in [1.54, 1.807) is 6.20 Å². The minimum absolute atomic E-state index is 0.115. The van der Waals surface area contributed by atoms with Gasteiger partial charge in [0.15, 0.2) is 0 Å². The minimum atomic E-state index is -0.766. The lowest BCUT2D eigenvalue weighted by Crippen LogP contribution is -2.47. The van der Waals surface area contributed by atoms with E-state index in [2.05, 4.69) is 37.3 Å². The maximum atomic E-state index is 10.9. The number of carbonyl (C=O) groups is 1. The lowest BCUT2D eigenvalue weighted by molar-refractivity contribution is -0.138. The second-order valence-electron chi connectivity index (χ2n) is 8.83. The molecule has 0 radical (unpaired) electrons. The molecular weight excluding hydrogens is 442 g/mol. The van der Waals surface area contributed by atoms with Crippen LogP contribution in [0.4, 0.5) is 11.5 Å². The van der Waals surface area contributed by atoms with Crippen LogP contribution in [-0.4, -0.2) is 75.1 Å². The van der Waals surface area contributed by atoms with Crippen LogP contribution in [0.15, 0.2) is 55.0 Å². The summed E-state index contributed by atoms with van der Waals surface area (Å²) >= 11 is 0. The predicted octanol–water partition coefficient (Wildman–Crippen LogP) is 2.77. The van der Waals surface area contributed by atoms with Crippen molar-refractivity contribution >= 4 is 17.5 Å². The van der Waals surface area contributed by atoms with Crippen LogP contribution in [-0.2, 0) is 17.8 Å². The molecule has 0 amide bonds. The summed E-state index contributed by atoms with van der Waals surface area (Å²) < 4.78 is 0. The summed E-state index contributed by atoms with van der Waals surface area (Å²) in [7, 11) is 0. The van der Waals surface area contributed by atoms with Crippen molar-refractivity contribution < 1.29 is 9.90 Å². The second kappa shape index (κ2) is 12.3. The van der Waals surface area contributed by atoms with Gasteiger partial charge in [0.1, 0.15) is 11.6 Å². The Kier molecular flexibility index (Phi) is 8.72. The third kappa shape index (κ3) is 7.54. The van der Waals surface area contributed by atoms with Gasteiger partial charge >= 0.3 is 5.97 Å². The van der Waals surface area contributed by atoms with Crippen molar-refractivity contribution in [2.75, 3.05) is 44.6 Å². The van der Waals surface area contributed by atoms with Gasteiger partial charge in [0.2, 0.25) is 0 Å². The molecule has 9 nitrogen and oxygen atoms in total. The molecule has 0 bridgehead atoms. The van der Waals surface area contributed by atoms with E-state index in [1.807, 2.05) is 41.6 Å². The Morgan fingerprint density at radius 1 is 0.971 bits per heavy atom. The maximum Gasteiger partial charge on any atom is 0.317 e. The smallest absolute Gasteiger partial charge is 0.317 e. The SMILES string of the molecule is NCCCCc1ncc(-c2ccnc(Nc3cccc(CN4CCN(CC(=O)O)CC4)c3)c2)cn1. The van der Waals surface area contributed by atoms with E-state index in [1.165, 1.54) is 5.56 Å². The largest absolute Gasteiger partial charge is 0.480 e. The van der Waals surface area contributed by atoms with E-state index < -0.39 is 5.97 Å². The number of aryl methyl sites for hydroxylation is 1. The van der Waals surface area contributed by atoms with Crippen LogP contribution in [0.3, 0.4) is 0 Å². The fourth-order valence-electron chi connectivity index (χ4n) is 4.19. The second-order valence-corrected chi connectivity index (χ2v) is 8.83. The Labute approximate surface area is 206 Å². The zero-order valence-corrected chi connectivity index (χ0v) is 19.9. The van der Waals surface area contributed by atoms with Crippen LogP contribution in [0.25, 0.3) is 11.1 Å². The standard InChI is InChI=1S/C26H33N7O2/c27-8-2-1-6-24-29-16-22(17-30-24)21-7-9-28-25(15-21)31-23-5-3-4-20(14-23)18-32-10-12-33(13-11-32)19-26(34)35/h3-5,7,9,14-17H,1-2,6,8,10-13,18-19,27H2,(H,28,31)(H,34,35). The van der Waals surface area contributed by atoms with Gasteiger partial charge in [-0.05, 0) is 54.8 Å². The number of pyridine rings is 1. The van der Waals surface area contributed by atoms with Crippen LogP contribution >= 0.6 is 0 Å². The summed E-state index contributed by atoms with van der Waals surface area (Å²) in [6.07, 6.45) is 8.33. The Balaban J connectivity index is 1.35. The lowest BCUT2D eigenvalue weighted by Gasteiger charge is -2.33. The first-order chi connectivity index (χ1) is 17.1. The quantitative estimate of drug-likeness (QED) is 0.360. The third-order valence-electron chi connectivity index (χ3n) is 6.08. The summed E-state index contributed by atoms with van der Waals surface area (Å²) in [5, 5.41) is 12.4. The van der Waals surface area contributed by atoms with Crippen molar-refractivity contribution in [3.05, 3.63) is 66.4 Å². The topological polar surface area (TPSA) is 120 Å². The lowest BCUT2D eigenvalue weighted by atomic mass is 10.1. The highest BCUT2D eigenvalue weighted by molar-refractivity contribution is 5.69. The molecule has 4 rings (SSSR count). The van der Waals surface area contributed by atoms with Crippen molar-refractivity contribution in [1.29, 1.82) is 0 Å². The maximum absolute atomic E-state index is 10.9. The van der Waals surface area contributed by atoms with E-state index in [4.69, 9.17) is 10.8 Å². The number of anilines is 2. The monoisotopic (exact) mass is 475 g/mol. The van der Waals surface area contributed by atoms with Crippen molar-refractivity contribution in [1.82, 2.24) is 24.8 Å². The molecule has 0 aliphatic carbocycles. The Morgan fingerprint density at radius 2 is 1.74 bits per heavy atom. The summed E-state index contributed by atoms with van der Waals surface area (Å²) in [5.74, 6) is 0.835. The molecule has 1 fully saturated rings. The zero-order chi connectivity index (χ0) is 24.5. The van der Waals surface area contributed by atoms with Crippen LogP contribution in [0.5, 0.6) is 0 Å². The average molecular weight is 476 g/mol. The summed E-state index contributed by atoms with van der Waals surface area (Å²) in [6.45, 7) is 4.92. The number of nitrogens with zero attached hydrogens (tertiary/aromatic N) is 5. The number of unbranched alkanes of at least 4 members (excludes halogenated alkanes) is 1. The van der Waals surface area contributed by atoms with Gasteiger partial charge in [-0.2, -0.15) is 0 Å². The van der Waals surface area contributed by atoms with Gasteiger partial charge in [-0.15, -0.1) is 0 Å². The van der Waals surface area contributed by atoms with Gasteiger partial charge in [-0.25, -0.2) is 15.0 Å². The number of hydrogen-bond acceptors (Lipinski definition) is 8.